The fraction of sp³-hybridized carbons (Fsp3) is 0.263. The van der Waals surface area contributed by atoms with Crippen LogP contribution >= 0.6 is 15.9 Å². The molecule has 3 rings (SSSR count). The molecule has 1 aliphatic heterocycles. The molecule has 0 saturated carbocycles. The van der Waals surface area contributed by atoms with E-state index in [2.05, 4.69) is 15.9 Å². The normalized spacial score (nSPS) is 14.3. The fourth-order valence-electron chi connectivity index (χ4n) is 2.85. The molecule has 1 saturated heterocycles. The van der Waals surface area contributed by atoms with Crippen LogP contribution in [0.1, 0.15) is 20.7 Å². The number of rotatable bonds is 3. The lowest BCUT2D eigenvalue weighted by atomic mass is 10.1. The summed E-state index contributed by atoms with van der Waals surface area (Å²) >= 11 is 3.40. The second-order valence-electron chi connectivity index (χ2n) is 5.94. The first-order valence-electron chi connectivity index (χ1n) is 8.17. The van der Waals surface area contributed by atoms with E-state index in [1.807, 2.05) is 0 Å². The molecular formula is C19H18BrFN2O3. The van der Waals surface area contributed by atoms with Crippen molar-refractivity contribution in [2.24, 2.45) is 0 Å². The Hall–Kier alpha value is -2.41. The summed E-state index contributed by atoms with van der Waals surface area (Å²) in [6.45, 7) is 1.75. The van der Waals surface area contributed by atoms with Gasteiger partial charge in [-0.1, -0.05) is 0 Å². The van der Waals surface area contributed by atoms with Crippen LogP contribution in [-0.2, 0) is 0 Å². The van der Waals surface area contributed by atoms with Gasteiger partial charge in [0, 0.05) is 36.2 Å². The van der Waals surface area contributed by atoms with Gasteiger partial charge in [0.2, 0.25) is 0 Å². The number of ether oxygens (including phenoxy) is 1. The molecule has 0 atom stereocenters. The van der Waals surface area contributed by atoms with Gasteiger partial charge in [-0.25, -0.2) is 4.39 Å². The predicted octanol–water partition coefficient (Wildman–Crippen LogP) is 3.20. The van der Waals surface area contributed by atoms with E-state index >= 15 is 0 Å². The van der Waals surface area contributed by atoms with Gasteiger partial charge < -0.3 is 14.5 Å². The van der Waals surface area contributed by atoms with E-state index in [9.17, 15) is 14.0 Å². The average molecular weight is 421 g/mol. The zero-order chi connectivity index (χ0) is 18.7. The first-order chi connectivity index (χ1) is 12.5. The molecule has 2 aromatic carbocycles. The van der Waals surface area contributed by atoms with E-state index in [0.717, 1.165) is 0 Å². The van der Waals surface area contributed by atoms with Crippen molar-refractivity contribution in [1.82, 2.24) is 9.80 Å². The van der Waals surface area contributed by atoms with E-state index in [1.165, 1.54) is 24.3 Å². The van der Waals surface area contributed by atoms with Crippen molar-refractivity contribution in [2.75, 3.05) is 33.3 Å². The number of nitrogens with zero attached hydrogens (tertiary/aromatic N) is 2. The van der Waals surface area contributed by atoms with E-state index in [1.54, 1.807) is 35.1 Å². The number of methoxy groups -OCH3 is 1. The maximum absolute atomic E-state index is 13.0. The molecule has 0 bridgehead atoms. The molecule has 1 heterocycles. The molecule has 0 radical (unpaired) electrons. The number of carbonyl (C=O) groups is 2. The molecule has 136 valence electrons. The lowest BCUT2D eigenvalue weighted by Gasteiger charge is -2.35. The zero-order valence-electron chi connectivity index (χ0n) is 14.2. The van der Waals surface area contributed by atoms with Crippen LogP contribution in [0.3, 0.4) is 0 Å². The summed E-state index contributed by atoms with van der Waals surface area (Å²) in [5.74, 6) is -0.0215. The van der Waals surface area contributed by atoms with E-state index in [4.69, 9.17) is 4.74 Å². The van der Waals surface area contributed by atoms with Crippen molar-refractivity contribution in [3.05, 3.63) is 63.9 Å². The summed E-state index contributed by atoms with van der Waals surface area (Å²) in [6, 6.07) is 10.7. The van der Waals surface area contributed by atoms with Crippen LogP contribution in [0.4, 0.5) is 4.39 Å². The molecule has 0 aromatic heterocycles. The average Bonchev–Trinajstić information content (AvgIpc) is 2.68. The molecule has 0 N–H and O–H groups in total. The number of carbonyl (C=O) groups excluding carboxylic acids is 2. The fourth-order valence-corrected chi connectivity index (χ4v) is 3.27. The van der Waals surface area contributed by atoms with Crippen molar-refractivity contribution >= 4 is 27.7 Å². The Kier molecular flexibility index (Phi) is 5.56. The summed E-state index contributed by atoms with van der Waals surface area (Å²) in [6.07, 6.45) is 0. The molecule has 0 aliphatic carbocycles. The Morgan fingerprint density at radius 3 is 2.12 bits per heavy atom. The van der Waals surface area contributed by atoms with E-state index in [-0.39, 0.29) is 17.6 Å². The summed E-state index contributed by atoms with van der Waals surface area (Å²) in [5, 5.41) is 0. The first-order valence-corrected chi connectivity index (χ1v) is 8.96. The van der Waals surface area contributed by atoms with E-state index < -0.39 is 0 Å². The largest absolute Gasteiger partial charge is 0.497 e. The third kappa shape index (κ3) is 3.88. The van der Waals surface area contributed by atoms with Crippen LogP contribution < -0.4 is 4.74 Å². The quantitative estimate of drug-likeness (QED) is 0.765. The maximum Gasteiger partial charge on any atom is 0.255 e. The minimum atomic E-state index is -0.374. The van der Waals surface area contributed by atoms with Crippen molar-refractivity contribution in [1.29, 1.82) is 0 Å². The summed E-state index contributed by atoms with van der Waals surface area (Å²) in [5.41, 5.74) is 0.976. The van der Waals surface area contributed by atoms with Gasteiger partial charge in [0.05, 0.1) is 12.7 Å². The third-order valence-electron chi connectivity index (χ3n) is 4.35. The van der Waals surface area contributed by atoms with Crippen molar-refractivity contribution in [3.63, 3.8) is 0 Å². The topological polar surface area (TPSA) is 49.9 Å². The highest BCUT2D eigenvalue weighted by atomic mass is 79.9. The molecule has 1 fully saturated rings. The Morgan fingerprint density at radius 2 is 1.54 bits per heavy atom. The number of halogens is 2. The van der Waals surface area contributed by atoms with Crippen LogP contribution in [0.25, 0.3) is 0 Å². The standard InChI is InChI=1S/C19H18BrFN2O3/c1-26-15-6-7-17(20)16(12-15)19(25)23-10-8-22(9-11-23)18(24)13-2-4-14(21)5-3-13/h2-7,12H,8-11H2,1H3. The number of benzene rings is 2. The number of hydrogen-bond donors (Lipinski definition) is 0. The Balaban J connectivity index is 1.65. The highest BCUT2D eigenvalue weighted by Gasteiger charge is 2.26. The number of piperazine rings is 1. The molecule has 0 unspecified atom stereocenters. The van der Waals surface area contributed by atoms with Crippen LogP contribution in [0, 0.1) is 5.82 Å². The summed E-state index contributed by atoms with van der Waals surface area (Å²) in [4.78, 5) is 28.6. The van der Waals surface area contributed by atoms with Crippen molar-refractivity contribution in [2.45, 2.75) is 0 Å². The van der Waals surface area contributed by atoms with Crippen molar-refractivity contribution < 1.29 is 18.7 Å². The molecule has 1 aliphatic rings. The van der Waals surface area contributed by atoms with Gasteiger partial charge in [-0.15, -0.1) is 0 Å². The van der Waals surface area contributed by atoms with Gasteiger partial charge in [-0.3, -0.25) is 9.59 Å². The van der Waals surface area contributed by atoms with Crippen molar-refractivity contribution in [3.8, 4) is 5.75 Å². The number of hydrogen-bond acceptors (Lipinski definition) is 3. The third-order valence-corrected chi connectivity index (χ3v) is 5.04. The van der Waals surface area contributed by atoms with Gasteiger partial charge in [-0.05, 0) is 58.4 Å². The summed E-state index contributed by atoms with van der Waals surface area (Å²) in [7, 11) is 1.55. The maximum atomic E-state index is 13.0. The molecule has 0 spiro atoms. The highest BCUT2D eigenvalue weighted by Crippen LogP contribution is 2.24. The van der Waals surface area contributed by atoms with Crippen LogP contribution in [0.15, 0.2) is 46.9 Å². The number of amides is 2. The minimum Gasteiger partial charge on any atom is -0.497 e. The van der Waals surface area contributed by atoms with Gasteiger partial charge in [0.15, 0.2) is 0 Å². The monoisotopic (exact) mass is 420 g/mol. The van der Waals surface area contributed by atoms with Gasteiger partial charge in [-0.2, -0.15) is 0 Å². The van der Waals surface area contributed by atoms with Gasteiger partial charge in [0.1, 0.15) is 11.6 Å². The summed E-state index contributed by atoms with van der Waals surface area (Å²) < 4.78 is 18.9. The lowest BCUT2D eigenvalue weighted by Crippen LogP contribution is -2.50. The lowest BCUT2D eigenvalue weighted by molar-refractivity contribution is 0.0535. The Bertz CT molecular complexity index is 818. The molecule has 26 heavy (non-hydrogen) atoms. The van der Waals surface area contributed by atoms with E-state index in [0.29, 0.717) is 47.5 Å². The molecule has 5 nitrogen and oxygen atoms in total. The van der Waals surface area contributed by atoms with Gasteiger partial charge >= 0.3 is 0 Å². The molecule has 2 amide bonds. The van der Waals surface area contributed by atoms with Crippen LogP contribution in [0.5, 0.6) is 5.75 Å². The first kappa shape index (κ1) is 18.4. The van der Waals surface area contributed by atoms with Crippen LogP contribution in [0.2, 0.25) is 0 Å². The zero-order valence-corrected chi connectivity index (χ0v) is 15.8. The second kappa shape index (κ2) is 7.86. The van der Waals surface area contributed by atoms with Crippen LogP contribution in [-0.4, -0.2) is 54.9 Å². The smallest absolute Gasteiger partial charge is 0.255 e. The molecule has 7 heteroatoms. The highest BCUT2D eigenvalue weighted by molar-refractivity contribution is 9.10. The SMILES string of the molecule is COc1ccc(Br)c(C(=O)N2CCN(C(=O)c3ccc(F)cc3)CC2)c1. The van der Waals surface area contributed by atoms with Gasteiger partial charge in [0.25, 0.3) is 11.8 Å². The Morgan fingerprint density at radius 1 is 0.962 bits per heavy atom. The second-order valence-corrected chi connectivity index (χ2v) is 6.79. The Labute approximate surface area is 159 Å². The molecule has 2 aromatic rings. The predicted molar refractivity (Wildman–Crippen MR) is 98.9 cm³/mol. The molecular weight excluding hydrogens is 403 g/mol. The minimum absolute atomic E-state index is 0.107.